The number of unbranched alkanes of at least 4 members (excludes halogenated alkanes) is 22. The summed E-state index contributed by atoms with van der Waals surface area (Å²) in [6.07, 6.45) is 42.7. The van der Waals surface area contributed by atoms with Gasteiger partial charge in [0.2, 0.25) is 0 Å². The molecule has 0 saturated heterocycles. The Labute approximate surface area is 281 Å². The fourth-order valence-electron chi connectivity index (χ4n) is 5.42. The van der Waals surface area contributed by atoms with Crippen LogP contribution in [0.4, 0.5) is 0 Å². The zero-order chi connectivity index (χ0) is 33.1. The van der Waals surface area contributed by atoms with Crippen molar-refractivity contribution >= 4 is 11.9 Å². The third kappa shape index (κ3) is 35.1. The molecule has 0 heterocycles. The largest absolute Gasteiger partial charge is 0.465 e. The second-order valence-corrected chi connectivity index (χ2v) is 14.2. The van der Waals surface area contributed by atoms with Crippen molar-refractivity contribution in [2.75, 3.05) is 13.2 Å². The van der Waals surface area contributed by atoms with Gasteiger partial charge in [-0.3, -0.25) is 9.59 Å². The summed E-state index contributed by atoms with van der Waals surface area (Å²) in [5.74, 6) is -0.272. The molecule has 0 radical (unpaired) electrons. The normalized spacial score (nSPS) is 12.0. The van der Waals surface area contributed by atoms with Crippen LogP contribution in [0.15, 0.2) is 24.3 Å². The first-order valence-corrected chi connectivity index (χ1v) is 19.5. The molecular formula is C41H76O4. The highest BCUT2D eigenvalue weighted by molar-refractivity contribution is 5.69. The lowest BCUT2D eigenvalue weighted by Crippen LogP contribution is -2.28. The van der Waals surface area contributed by atoms with Gasteiger partial charge in [-0.15, -0.1) is 0 Å². The maximum absolute atomic E-state index is 12.2. The standard InChI is InChI=1S/C41H76O4/c1-5-7-9-11-13-15-17-19-21-23-25-27-29-31-33-35-39(42)44-37-41(3,4)38-45-40(43)36-34-32-30-28-26-24-22-20-18-16-14-12-10-8-6-2/h17-20H,5-16,21-38H2,1-4H3/b19-17+,20-18+. The zero-order valence-corrected chi connectivity index (χ0v) is 30.7. The van der Waals surface area contributed by atoms with E-state index in [1.54, 1.807) is 0 Å². The van der Waals surface area contributed by atoms with Crippen LogP contribution in [0.2, 0.25) is 0 Å². The molecule has 4 heteroatoms. The molecule has 0 aromatic heterocycles. The lowest BCUT2D eigenvalue weighted by Gasteiger charge is -2.23. The van der Waals surface area contributed by atoms with Gasteiger partial charge >= 0.3 is 11.9 Å². The summed E-state index contributed by atoms with van der Waals surface area (Å²) in [6, 6.07) is 0. The highest BCUT2D eigenvalue weighted by Gasteiger charge is 2.22. The van der Waals surface area contributed by atoms with Crippen molar-refractivity contribution in [3.8, 4) is 0 Å². The number of allylic oxidation sites excluding steroid dienone is 4. The second kappa shape index (κ2) is 33.8. The topological polar surface area (TPSA) is 52.6 Å². The summed E-state index contributed by atoms with van der Waals surface area (Å²) in [4.78, 5) is 24.4. The van der Waals surface area contributed by atoms with E-state index in [2.05, 4.69) is 38.2 Å². The monoisotopic (exact) mass is 633 g/mol. The fourth-order valence-corrected chi connectivity index (χ4v) is 5.42. The second-order valence-electron chi connectivity index (χ2n) is 14.2. The first-order chi connectivity index (χ1) is 21.9. The molecule has 0 N–H and O–H groups in total. The van der Waals surface area contributed by atoms with Crippen LogP contribution in [0.5, 0.6) is 0 Å². The number of hydrogen-bond acceptors (Lipinski definition) is 4. The maximum Gasteiger partial charge on any atom is 0.305 e. The number of esters is 2. The maximum atomic E-state index is 12.2. The van der Waals surface area contributed by atoms with Crippen molar-refractivity contribution in [2.45, 2.75) is 207 Å². The Kier molecular flexibility index (Phi) is 32.6. The van der Waals surface area contributed by atoms with Crippen molar-refractivity contribution < 1.29 is 19.1 Å². The first kappa shape index (κ1) is 43.4. The molecule has 0 aliphatic rings. The molecule has 264 valence electrons. The predicted molar refractivity (Wildman–Crippen MR) is 195 cm³/mol. The van der Waals surface area contributed by atoms with Crippen LogP contribution in [-0.4, -0.2) is 25.2 Å². The SMILES string of the molecule is CCCCCCC/C=C/CCCCCCCCC(=O)OCC(C)(C)COC(=O)CCCCCCCC/C=C/CCCCCCC. The summed E-state index contributed by atoms with van der Waals surface area (Å²) < 4.78 is 11.0. The Morgan fingerprint density at radius 2 is 0.689 bits per heavy atom. The van der Waals surface area contributed by atoms with E-state index >= 15 is 0 Å². The van der Waals surface area contributed by atoms with E-state index in [4.69, 9.17) is 9.47 Å². The smallest absolute Gasteiger partial charge is 0.305 e. The van der Waals surface area contributed by atoms with Crippen molar-refractivity contribution in [2.24, 2.45) is 5.41 Å². The van der Waals surface area contributed by atoms with Gasteiger partial charge in [-0.2, -0.15) is 0 Å². The van der Waals surface area contributed by atoms with E-state index in [9.17, 15) is 9.59 Å². The molecule has 0 saturated carbocycles. The molecule has 0 aliphatic carbocycles. The van der Waals surface area contributed by atoms with Gasteiger partial charge in [-0.1, -0.05) is 155 Å². The van der Waals surface area contributed by atoms with Crippen molar-refractivity contribution in [1.29, 1.82) is 0 Å². The van der Waals surface area contributed by atoms with E-state index in [1.807, 2.05) is 13.8 Å². The predicted octanol–water partition coefficient (Wildman–Crippen LogP) is 13.2. The lowest BCUT2D eigenvalue weighted by atomic mass is 9.96. The van der Waals surface area contributed by atoms with Crippen LogP contribution in [0.1, 0.15) is 207 Å². The average molecular weight is 633 g/mol. The van der Waals surface area contributed by atoms with Crippen LogP contribution < -0.4 is 0 Å². The summed E-state index contributed by atoms with van der Waals surface area (Å²) in [6.45, 7) is 9.08. The number of hydrogen-bond donors (Lipinski definition) is 0. The van der Waals surface area contributed by atoms with Gasteiger partial charge in [0.15, 0.2) is 0 Å². The lowest BCUT2D eigenvalue weighted by molar-refractivity contribution is -0.152. The van der Waals surface area contributed by atoms with Crippen LogP contribution in [0.3, 0.4) is 0 Å². The molecule has 0 fully saturated rings. The summed E-state index contributed by atoms with van der Waals surface area (Å²) in [5, 5.41) is 0. The molecule has 0 aliphatic heterocycles. The zero-order valence-electron chi connectivity index (χ0n) is 30.7. The van der Waals surface area contributed by atoms with Crippen molar-refractivity contribution in [3.05, 3.63) is 24.3 Å². The highest BCUT2D eigenvalue weighted by Crippen LogP contribution is 2.18. The molecule has 0 amide bonds. The van der Waals surface area contributed by atoms with Gasteiger partial charge in [-0.05, 0) is 64.2 Å². The van der Waals surface area contributed by atoms with Gasteiger partial charge in [0.05, 0.1) is 13.2 Å². The van der Waals surface area contributed by atoms with Crippen molar-refractivity contribution in [3.63, 3.8) is 0 Å². The molecule has 0 spiro atoms. The molecule has 0 aromatic carbocycles. The summed E-state index contributed by atoms with van der Waals surface area (Å²) in [7, 11) is 0. The molecule has 0 atom stereocenters. The summed E-state index contributed by atoms with van der Waals surface area (Å²) >= 11 is 0. The molecular weight excluding hydrogens is 556 g/mol. The summed E-state index contributed by atoms with van der Waals surface area (Å²) in [5.41, 5.74) is -0.363. The van der Waals surface area contributed by atoms with E-state index in [-0.39, 0.29) is 17.4 Å². The number of carbonyl (C=O) groups excluding carboxylic acids is 2. The van der Waals surface area contributed by atoms with E-state index < -0.39 is 0 Å². The van der Waals surface area contributed by atoms with Gasteiger partial charge < -0.3 is 9.47 Å². The molecule has 4 nitrogen and oxygen atoms in total. The van der Waals surface area contributed by atoms with E-state index in [0.717, 1.165) is 25.7 Å². The average Bonchev–Trinajstić information content (AvgIpc) is 3.03. The third-order valence-electron chi connectivity index (χ3n) is 8.53. The van der Waals surface area contributed by atoms with Crippen LogP contribution in [0, 0.1) is 5.41 Å². The molecule has 0 bridgehead atoms. The molecule has 45 heavy (non-hydrogen) atoms. The fraction of sp³-hybridized carbons (Fsp3) is 0.854. The van der Waals surface area contributed by atoms with Gasteiger partial charge in [0, 0.05) is 18.3 Å². The van der Waals surface area contributed by atoms with Crippen LogP contribution in [-0.2, 0) is 19.1 Å². The Balaban J connectivity index is 3.57. The van der Waals surface area contributed by atoms with Crippen LogP contribution >= 0.6 is 0 Å². The molecule has 0 rings (SSSR count). The first-order valence-electron chi connectivity index (χ1n) is 19.5. The minimum Gasteiger partial charge on any atom is -0.465 e. The van der Waals surface area contributed by atoms with Crippen molar-refractivity contribution in [1.82, 2.24) is 0 Å². The Bertz CT molecular complexity index is 650. The quantitative estimate of drug-likeness (QED) is 0.0402. The van der Waals surface area contributed by atoms with Gasteiger partial charge in [0.1, 0.15) is 0 Å². The molecule has 0 aromatic rings. The van der Waals surface area contributed by atoms with E-state index in [0.29, 0.717) is 26.1 Å². The number of carbonyl (C=O) groups is 2. The number of ether oxygens (including phenoxy) is 2. The minimum atomic E-state index is -0.363. The van der Waals surface area contributed by atoms with Gasteiger partial charge in [-0.25, -0.2) is 0 Å². The van der Waals surface area contributed by atoms with E-state index in [1.165, 1.54) is 141 Å². The minimum absolute atomic E-state index is 0.136. The Morgan fingerprint density at radius 3 is 1.00 bits per heavy atom. The van der Waals surface area contributed by atoms with Crippen LogP contribution in [0.25, 0.3) is 0 Å². The Morgan fingerprint density at radius 1 is 0.422 bits per heavy atom. The number of rotatable bonds is 34. The van der Waals surface area contributed by atoms with Gasteiger partial charge in [0.25, 0.3) is 0 Å². The highest BCUT2D eigenvalue weighted by atomic mass is 16.5. The molecule has 0 unspecified atom stereocenters. The Hall–Kier alpha value is -1.58. The third-order valence-corrected chi connectivity index (χ3v) is 8.53.